The fraction of sp³-hybridized carbons (Fsp3) is 0.125. The first-order valence-electron chi connectivity index (χ1n) is 9.68. The van der Waals surface area contributed by atoms with E-state index in [0.717, 1.165) is 11.1 Å². The Labute approximate surface area is 184 Å². The zero-order valence-electron chi connectivity index (χ0n) is 17.1. The van der Waals surface area contributed by atoms with Crippen molar-refractivity contribution in [2.45, 2.75) is 20.5 Å². The zero-order chi connectivity index (χ0) is 22.0. The second kappa shape index (κ2) is 8.62. The van der Waals surface area contributed by atoms with Crippen LogP contribution in [0.1, 0.15) is 27.2 Å². The summed E-state index contributed by atoms with van der Waals surface area (Å²) >= 11 is 5.96. The number of carbonyl (C=O) groups excluding carboxylic acids is 1. The molecule has 7 heteroatoms. The van der Waals surface area contributed by atoms with E-state index < -0.39 is 0 Å². The number of nitrogens with one attached hydrogen (secondary N) is 1. The number of halogens is 1. The summed E-state index contributed by atoms with van der Waals surface area (Å²) in [7, 11) is 0. The molecule has 4 aromatic rings. The van der Waals surface area contributed by atoms with Crippen LogP contribution in [-0.4, -0.2) is 15.3 Å². The average Bonchev–Trinajstić information content (AvgIpc) is 2.73. The SMILES string of the molecule is Cc1ccn2c(=O)cc(COc3cc(NC(=O)c4cccc(Cl)c4)ccc3C)nc2c1. The van der Waals surface area contributed by atoms with Gasteiger partial charge in [-0.05, 0) is 61.4 Å². The topological polar surface area (TPSA) is 72.7 Å². The second-order valence-corrected chi connectivity index (χ2v) is 7.69. The Morgan fingerprint density at radius 3 is 2.74 bits per heavy atom. The number of nitrogens with zero attached hydrogens (tertiary/aromatic N) is 2. The third kappa shape index (κ3) is 4.75. The van der Waals surface area contributed by atoms with Crippen LogP contribution < -0.4 is 15.6 Å². The molecule has 0 aliphatic heterocycles. The number of hydrogen-bond donors (Lipinski definition) is 1. The van der Waals surface area contributed by atoms with Crippen molar-refractivity contribution in [3.05, 3.63) is 105 Å². The van der Waals surface area contributed by atoms with Gasteiger partial charge < -0.3 is 10.1 Å². The lowest BCUT2D eigenvalue weighted by Gasteiger charge is -2.12. The van der Waals surface area contributed by atoms with Crippen LogP contribution in [0.2, 0.25) is 5.02 Å². The molecular weight excluding hydrogens is 414 g/mol. The van der Waals surface area contributed by atoms with Gasteiger partial charge in [0.05, 0.1) is 5.69 Å². The van der Waals surface area contributed by atoms with Gasteiger partial charge in [0.25, 0.3) is 11.5 Å². The normalized spacial score (nSPS) is 10.8. The number of rotatable bonds is 5. The summed E-state index contributed by atoms with van der Waals surface area (Å²) in [6.07, 6.45) is 1.71. The Balaban J connectivity index is 1.52. The lowest BCUT2D eigenvalue weighted by atomic mass is 10.1. The Morgan fingerprint density at radius 1 is 1.10 bits per heavy atom. The van der Waals surface area contributed by atoms with Crippen LogP contribution in [0.15, 0.2) is 71.7 Å². The Hall–Kier alpha value is -3.64. The summed E-state index contributed by atoms with van der Waals surface area (Å²) in [5.74, 6) is 0.326. The third-order valence-electron chi connectivity index (χ3n) is 4.78. The highest BCUT2D eigenvalue weighted by Crippen LogP contribution is 2.24. The first-order chi connectivity index (χ1) is 14.9. The predicted molar refractivity (Wildman–Crippen MR) is 121 cm³/mol. The van der Waals surface area contributed by atoms with Gasteiger partial charge in [0.15, 0.2) is 0 Å². The summed E-state index contributed by atoms with van der Waals surface area (Å²) in [6.45, 7) is 3.98. The summed E-state index contributed by atoms with van der Waals surface area (Å²) in [5.41, 5.74) is 3.91. The van der Waals surface area contributed by atoms with Gasteiger partial charge in [0.1, 0.15) is 18.0 Å². The zero-order valence-corrected chi connectivity index (χ0v) is 17.8. The van der Waals surface area contributed by atoms with Crippen molar-refractivity contribution >= 4 is 28.8 Å². The van der Waals surface area contributed by atoms with Gasteiger partial charge >= 0.3 is 0 Å². The highest BCUT2D eigenvalue weighted by atomic mass is 35.5. The highest BCUT2D eigenvalue weighted by Gasteiger charge is 2.10. The molecule has 4 rings (SSSR count). The van der Waals surface area contributed by atoms with E-state index in [9.17, 15) is 9.59 Å². The Morgan fingerprint density at radius 2 is 1.94 bits per heavy atom. The van der Waals surface area contributed by atoms with E-state index in [1.165, 1.54) is 10.5 Å². The number of amides is 1. The maximum Gasteiger partial charge on any atom is 0.258 e. The van der Waals surface area contributed by atoms with Crippen molar-refractivity contribution in [2.75, 3.05) is 5.32 Å². The molecule has 2 aromatic heterocycles. The maximum absolute atomic E-state index is 12.5. The number of carbonyl (C=O) groups is 1. The molecule has 0 aliphatic carbocycles. The molecule has 6 nitrogen and oxygen atoms in total. The van der Waals surface area contributed by atoms with Gasteiger partial charge in [-0.25, -0.2) is 4.98 Å². The number of hydrogen-bond acceptors (Lipinski definition) is 4. The molecule has 156 valence electrons. The molecule has 0 bridgehead atoms. The fourth-order valence-electron chi connectivity index (χ4n) is 3.15. The van der Waals surface area contributed by atoms with E-state index in [1.807, 2.05) is 32.0 Å². The molecular formula is C24H20ClN3O3. The lowest BCUT2D eigenvalue weighted by molar-refractivity contribution is 0.102. The first kappa shape index (κ1) is 20.6. The highest BCUT2D eigenvalue weighted by molar-refractivity contribution is 6.31. The number of ether oxygens (including phenoxy) is 1. The molecule has 31 heavy (non-hydrogen) atoms. The molecule has 1 N–H and O–H groups in total. The van der Waals surface area contributed by atoms with Crippen molar-refractivity contribution in [2.24, 2.45) is 0 Å². The molecule has 0 unspecified atom stereocenters. The van der Waals surface area contributed by atoms with Gasteiger partial charge in [0.2, 0.25) is 0 Å². The van der Waals surface area contributed by atoms with Crippen molar-refractivity contribution < 1.29 is 9.53 Å². The quantitative estimate of drug-likeness (QED) is 0.491. The monoisotopic (exact) mass is 433 g/mol. The van der Waals surface area contributed by atoms with Crippen molar-refractivity contribution in [3.63, 3.8) is 0 Å². The van der Waals surface area contributed by atoms with E-state index in [2.05, 4.69) is 10.3 Å². The molecule has 0 saturated carbocycles. The maximum atomic E-state index is 12.5. The average molecular weight is 434 g/mol. The molecule has 0 saturated heterocycles. The number of aryl methyl sites for hydroxylation is 2. The van der Waals surface area contributed by atoms with Gasteiger partial charge in [-0.15, -0.1) is 0 Å². The minimum Gasteiger partial charge on any atom is -0.487 e. The molecule has 0 fully saturated rings. The van der Waals surface area contributed by atoms with Crippen molar-refractivity contribution in [1.29, 1.82) is 0 Å². The first-order valence-corrected chi connectivity index (χ1v) is 10.1. The number of aromatic nitrogens is 2. The van der Waals surface area contributed by atoms with E-state index in [0.29, 0.717) is 33.4 Å². The standard InChI is InChI=1S/C24H20ClN3O3/c1-15-8-9-28-22(10-15)26-20(13-23(28)29)14-31-21-12-19(7-6-16(21)2)27-24(30)17-4-3-5-18(25)11-17/h3-13H,14H2,1-2H3,(H,27,30). The van der Waals surface area contributed by atoms with Gasteiger partial charge in [-0.2, -0.15) is 0 Å². The van der Waals surface area contributed by atoms with Gasteiger partial charge in [0, 0.05) is 34.6 Å². The molecule has 2 heterocycles. The number of benzene rings is 2. The Bertz CT molecular complexity index is 1350. The third-order valence-corrected chi connectivity index (χ3v) is 5.02. The van der Waals surface area contributed by atoms with E-state index in [-0.39, 0.29) is 18.1 Å². The number of anilines is 1. The summed E-state index contributed by atoms with van der Waals surface area (Å²) in [5, 5.41) is 3.34. The largest absolute Gasteiger partial charge is 0.487 e. The van der Waals surface area contributed by atoms with Gasteiger partial charge in [-0.3, -0.25) is 14.0 Å². The molecule has 0 atom stereocenters. The van der Waals surface area contributed by atoms with Crippen LogP contribution in [-0.2, 0) is 6.61 Å². The van der Waals surface area contributed by atoms with Crippen LogP contribution in [0.5, 0.6) is 5.75 Å². The van der Waals surface area contributed by atoms with Crippen LogP contribution in [0.3, 0.4) is 0 Å². The molecule has 1 amide bonds. The second-order valence-electron chi connectivity index (χ2n) is 7.25. The lowest BCUT2D eigenvalue weighted by Crippen LogP contribution is -2.16. The van der Waals surface area contributed by atoms with E-state index in [4.69, 9.17) is 16.3 Å². The van der Waals surface area contributed by atoms with Crippen LogP contribution in [0.4, 0.5) is 5.69 Å². The van der Waals surface area contributed by atoms with Crippen molar-refractivity contribution in [1.82, 2.24) is 9.38 Å². The minimum absolute atomic E-state index is 0.131. The molecule has 0 radical (unpaired) electrons. The summed E-state index contributed by atoms with van der Waals surface area (Å²) in [4.78, 5) is 29.3. The number of pyridine rings is 1. The van der Waals surface area contributed by atoms with Crippen LogP contribution >= 0.6 is 11.6 Å². The predicted octanol–water partition coefficient (Wildman–Crippen LogP) is 4.80. The minimum atomic E-state index is -0.267. The smallest absolute Gasteiger partial charge is 0.258 e. The summed E-state index contributed by atoms with van der Waals surface area (Å²) in [6, 6.07) is 17.3. The molecule has 2 aromatic carbocycles. The molecule has 0 aliphatic rings. The van der Waals surface area contributed by atoms with E-state index >= 15 is 0 Å². The number of fused-ring (bicyclic) bond motifs is 1. The fourth-order valence-corrected chi connectivity index (χ4v) is 3.34. The van der Waals surface area contributed by atoms with Crippen LogP contribution in [0, 0.1) is 13.8 Å². The van der Waals surface area contributed by atoms with Crippen LogP contribution in [0.25, 0.3) is 5.65 Å². The Kier molecular flexibility index (Phi) is 5.73. The summed E-state index contributed by atoms with van der Waals surface area (Å²) < 4.78 is 7.41. The molecule has 0 spiro atoms. The van der Waals surface area contributed by atoms with Gasteiger partial charge in [-0.1, -0.05) is 23.7 Å². The van der Waals surface area contributed by atoms with Crippen molar-refractivity contribution in [3.8, 4) is 5.75 Å². The van der Waals surface area contributed by atoms with E-state index in [1.54, 1.807) is 42.6 Å².